The summed E-state index contributed by atoms with van der Waals surface area (Å²) < 4.78 is 11.2. The van der Waals surface area contributed by atoms with E-state index < -0.39 is 23.2 Å². The van der Waals surface area contributed by atoms with Crippen LogP contribution in [0.4, 0.5) is 0 Å². The minimum Gasteiger partial charge on any atom is -0.497 e. The molecule has 1 heterocycles. The lowest BCUT2D eigenvalue weighted by molar-refractivity contribution is -0.549. The van der Waals surface area contributed by atoms with Crippen LogP contribution in [-0.4, -0.2) is 23.2 Å². The highest BCUT2D eigenvalue weighted by molar-refractivity contribution is 5.47. The van der Waals surface area contributed by atoms with Gasteiger partial charge < -0.3 is 14.6 Å². The Morgan fingerprint density at radius 1 is 1.32 bits per heavy atom. The van der Waals surface area contributed by atoms with Crippen LogP contribution >= 0.6 is 0 Å². The second-order valence-corrected chi connectivity index (χ2v) is 5.86. The zero-order valence-corrected chi connectivity index (χ0v) is 13.8. The van der Waals surface area contributed by atoms with Crippen LogP contribution in [-0.2, 0) is 6.42 Å². The molecule has 130 valence electrons. The van der Waals surface area contributed by atoms with Crippen molar-refractivity contribution in [2.75, 3.05) is 7.11 Å². The Labute approximate surface area is 145 Å². The summed E-state index contributed by atoms with van der Waals surface area (Å²) in [5.74, 6) is 1.14. The van der Waals surface area contributed by atoms with Crippen LogP contribution < -0.4 is 9.47 Å². The first kappa shape index (κ1) is 17.0. The molecule has 25 heavy (non-hydrogen) atoms. The summed E-state index contributed by atoms with van der Waals surface area (Å²) in [7, 11) is 1.55. The largest absolute Gasteiger partial charge is 0.497 e. The molecule has 0 aliphatic carbocycles. The van der Waals surface area contributed by atoms with Gasteiger partial charge in [-0.3, -0.25) is 10.1 Å². The molecule has 3 atom stereocenters. The Balaban J connectivity index is 2.08. The quantitative estimate of drug-likeness (QED) is 0.513. The number of aliphatic hydroxyl groups is 1. The number of rotatable bonds is 5. The Morgan fingerprint density at radius 3 is 2.64 bits per heavy atom. The summed E-state index contributed by atoms with van der Waals surface area (Å²) in [4.78, 5) is 11.1. The maximum atomic E-state index is 11.6. The van der Waals surface area contributed by atoms with Crippen LogP contribution in [0.3, 0.4) is 0 Å². The van der Waals surface area contributed by atoms with Crippen LogP contribution in [0.25, 0.3) is 0 Å². The summed E-state index contributed by atoms with van der Waals surface area (Å²) >= 11 is 0. The standard InChI is InChI=1S/C19H19NO5/c1-3-5-12-6-4-7-15-17(21)16(20(22)23)19(25-18(12)15)13-8-10-14(24-2)11-9-13/h3-4,6-11,16-17,19,21H,1,5H2,2H3/t16?,17-,19-/m0/s1. The van der Waals surface area contributed by atoms with Gasteiger partial charge in [0.15, 0.2) is 12.2 Å². The van der Waals surface area contributed by atoms with Gasteiger partial charge in [-0.1, -0.05) is 36.4 Å². The molecule has 0 saturated carbocycles. The molecule has 0 bridgehead atoms. The van der Waals surface area contributed by atoms with Crippen molar-refractivity contribution < 1.29 is 19.5 Å². The average Bonchev–Trinajstić information content (AvgIpc) is 2.62. The molecule has 1 aliphatic rings. The van der Waals surface area contributed by atoms with Gasteiger partial charge in [0.1, 0.15) is 11.5 Å². The molecule has 1 unspecified atom stereocenters. The van der Waals surface area contributed by atoms with E-state index in [0.717, 1.165) is 5.56 Å². The van der Waals surface area contributed by atoms with E-state index in [1.54, 1.807) is 49.6 Å². The van der Waals surface area contributed by atoms with Crippen molar-refractivity contribution in [2.45, 2.75) is 24.7 Å². The molecule has 6 nitrogen and oxygen atoms in total. The Morgan fingerprint density at radius 2 is 2.04 bits per heavy atom. The summed E-state index contributed by atoms with van der Waals surface area (Å²) in [6.07, 6.45) is 0.131. The highest BCUT2D eigenvalue weighted by atomic mass is 16.6. The van der Waals surface area contributed by atoms with Gasteiger partial charge in [-0.25, -0.2) is 0 Å². The Hall–Kier alpha value is -2.86. The molecule has 1 aliphatic heterocycles. The first-order valence-electron chi connectivity index (χ1n) is 7.91. The molecule has 0 fully saturated rings. The summed E-state index contributed by atoms with van der Waals surface area (Å²) in [5, 5.41) is 22.3. The van der Waals surface area contributed by atoms with E-state index in [4.69, 9.17) is 9.47 Å². The Bertz CT molecular complexity index is 787. The number of nitrogens with zero attached hydrogens (tertiary/aromatic N) is 1. The van der Waals surface area contributed by atoms with E-state index in [0.29, 0.717) is 29.0 Å². The molecule has 1 N–H and O–H groups in total. The molecule has 0 amide bonds. The number of benzene rings is 2. The molecule has 0 saturated heterocycles. The van der Waals surface area contributed by atoms with Crippen LogP contribution in [0.2, 0.25) is 0 Å². The van der Waals surface area contributed by atoms with Gasteiger partial charge in [0.05, 0.1) is 7.11 Å². The number of aliphatic hydroxyl groups excluding tert-OH is 1. The van der Waals surface area contributed by atoms with Crippen molar-refractivity contribution >= 4 is 0 Å². The smallest absolute Gasteiger partial charge is 0.283 e. The number of methoxy groups -OCH3 is 1. The highest BCUT2D eigenvalue weighted by Gasteiger charge is 2.47. The lowest BCUT2D eigenvalue weighted by Gasteiger charge is -2.33. The van der Waals surface area contributed by atoms with E-state index in [1.165, 1.54) is 0 Å². The number of para-hydroxylation sites is 1. The van der Waals surface area contributed by atoms with Crippen molar-refractivity contribution in [2.24, 2.45) is 0 Å². The monoisotopic (exact) mass is 341 g/mol. The van der Waals surface area contributed by atoms with Crippen molar-refractivity contribution in [1.29, 1.82) is 0 Å². The number of allylic oxidation sites excluding steroid dienone is 1. The van der Waals surface area contributed by atoms with Crippen LogP contribution in [0.1, 0.15) is 28.9 Å². The lowest BCUT2D eigenvalue weighted by atomic mass is 9.88. The van der Waals surface area contributed by atoms with Crippen LogP contribution in [0.15, 0.2) is 55.1 Å². The lowest BCUT2D eigenvalue weighted by Crippen LogP contribution is -2.40. The van der Waals surface area contributed by atoms with Crippen molar-refractivity contribution in [3.8, 4) is 11.5 Å². The van der Waals surface area contributed by atoms with Crippen molar-refractivity contribution in [1.82, 2.24) is 0 Å². The second-order valence-electron chi connectivity index (χ2n) is 5.86. The summed E-state index contributed by atoms with van der Waals surface area (Å²) in [6, 6.07) is 10.9. The van der Waals surface area contributed by atoms with Gasteiger partial charge >= 0.3 is 0 Å². The molecule has 0 aromatic heterocycles. The maximum Gasteiger partial charge on any atom is 0.283 e. The van der Waals surface area contributed by atoms with Gasteiger partial charge in [-0.2, -0.15) is 0 Å². The Kier molecular flexibility index (Phi) is 4.72. The minimum absolute atomic E-state index is 0.436. The van der Waals surface area contributed by atoms with E-state index in [9.17, 15) is 15.2 Å². The summed E-state index contributed by atoms with van der Waals surface area (Å²) in [6.45, 7) is 3.72. The van der Waals surface area contributed by atoms with Gasteiger partial charge in [0.2, 0.25) is 0 Å². The van der Waals surface area contributed by atoms with E-state index >= 15 is 0 Å². The molecule has 0 spiro atoms. The van der Waals surface area contributed by atoms with Crippen LogP contribution in [0, 0.1) is 10.1 Å². The predicted molar refractivity (Wildman–Crippen MR) is 92.4 cm³/mol. The van der Waals surface area contributed by atoms with Gasteiger partial charge in [-0.15, -0.1) is 6.58 Å². The van der Waals surface area contributed by atoms with Crippen molar-refractivity contribution in [3.63, 3.8) is 0 Å². The van der Waals surface area contributed by atoms with E-state index in [1.807, 2.05) is 6.07 Å². The predicted octanol–water partition coefficient (Wildman–Crippen LogP) is 3.24. The fraction of sp³-hybridized carbons (Fsp3) is 0.263. The second kappa shape index (κ2) is 6.94. The third kappa shape index (κ3) is 3.08. The van der Waals surface area contributed by atoms with Gasteiger partial charge in [0.25, 0.3) is 6.04 Å². The van der Waals surface area contributed by atoms with Gasteiger partial charge in [0, 0.05) is 10.5 Å². The number of hydrogen-bond donors (Lipinski definition) is 1. The average molecular weight is 341 g/mol. The number of hydrogen-bond acceptors (Lipinski definition) is 5. The summed E-state index contributed by atoms with van der Waals surface area (Å²) in [5.41, 5.74) is 1.89. The topological polar surface area (TPSA) is 81.8 Å². The molecular formula is C19H19NO5. The molecular weight excluding hydrogens is 322 g/mol. The fourth-order valence-electron chi connectivity index (χ4n) is 3.13. The zero-order chi connectivity index (χ0) is 18.0. The minimum atomic E-state index is -1.29. The first-order valence-corrected chi connectivity index (χ1v) is 7.91. The van der Waals surface area contributed by atoms with E-state index in [2.05, 4.69) is 6.58 Å². The molecule has 0 radical (unpaired) electrons. The first-order chi connectivity index (χ1) is 12.1. The molecule has 3 rings (SSSR count). The van der Waals surface area contributed by atoms with Gasteiger partial charge in [-0.05, 0) is 29.7 Å². The third-order valence-corrected chi connectivity index (χ3v) is 4.38. The molecule has 6 heteroatoms. The SMILES string of the molecule is C=CCc1cccc2c1O[C@@H](c1ccc(OC)cc1)C([N+](=O)[O-])[C@H]2O. The normalized spacial score (nSPS) is 21.8. The number of fused-ring (bicyclic) bond motifs is 1. The van der Waals surface area contributed by atoms with E-state index in [-0.39, 0.29) is 0 Å². The zero-order valence-electron chi connectivity index (χ0n) is 13.8. The van der Waals surface area contributed by atoms with Crippen LogP contribution in [0.5, 0.6) is 11.5 Å². The molecule has 2 aromatic rings. The number of ether oxygens (including phenoxy) is 2. The maximum absolute atomic E-state index is 11.6. The molecule has 2 aromatic carbocycles. The third-order valence-electron chi connectivity index (χ3n) is 4.38. The highest BCUT2D eigenvalue weighted by Crippen LogP contribution is 2.44. The number of nitro groups is 1. The fourth-order valence-corrected chi connectivity index (χ4v) is 3.13. The van der Waals surface area contributed by atoms with Crippen molar-refractivity contribution in [3.05, 3.63) is 81.9 Å².